The summed E-state index contributed by atoms with van der Waals surface area (Å²) in [6.07, 6.45) is 3.53. The lowest BCUT2D eigenvalue weighted by Crippen LogP contribution is -2.12. The maximum atomic E-state index is 12.1. The minimum Gasteiger partial charge on any atom is -0.508 e. The number of nitrogens with zero attached hydrogens (tertiary/aromatic N) is 4. The van der Waals surface area contributed by atoms with Gasteiger partial charge in [0.15, 0.2) is 0 Å². The van der Waals surface area contributed by atoms with Crippen molar-refractivity contribution >= 4 is 22.7 Å². The van der Waals surface area contributed by atoms with E-state index in [9.17, 15) is 15.2 Å². The molecule has 1 aromatic heterocycles. The minimum atomic E-state index is -0.348. The topological polar surface area (TPSA) is 74.8 Å². The molecule has 0 spiro atoms. The van der Waals surface area contributed by atoms with Crippen molar-refractivity contribution < 1.29 is 10.0 Å². The molecule has 0 aliphatic heterocycles. The van der Waals surface area contributed by atoms with Crippen molar-refractivity contribution in [3.63, 3.8) is 0 Å². The van der Waals surface area contributed by atoms with E-state index in [0.29, 0.717) is 28.7 Å². The number of aryl methyl sites for hydroxylation is 1. The fraction of sp³-hybridized carbons (Fsp3) is 0.273. The zero-order chi connectivity index (χ0) is 21.3. The van der Waals surface area contributed by atoms with Gasteiger partial charge in [-0.25, -0.2) is 0 Å². The number of benzene rings is 2. The number of phenols is 1. The first-order valence-corrected chi connectivity index (χ1v) is 9.30. The van der Waals surface area contributed by atoms with E-state index in [1.54, 1.807) is 18.3 Å². The Balaban J connectivity index is 2.50. The highest BCUT2D eigenvalue weighted by Crippen LogP contribution is 2.41. The Morgan fingerprint density at radius 1 is 1.10 bits per heavy atom. The zero-order valence-electron chi connectivity index (χ0n) is 17.4. The van der Waals surface area contributed by atoms with Crippen LogP contribution in [-0.2, 0) is 6.54 Å². The third-order valence-corrected chi connectivity index (χ3v) is 4.70. The molecule has 0 bridgehead atoms. The molecular weight excluding hydrogens is 368 g/mol. The molecule has 3 rings (SSSR count). The van der Waals surface area contributed by atoms with Crippen LogP contribution in [0.4, 0.5) is 5.69 Å². The van der Waals surface area contributed by atoms with Gasteiger partial charge in [0, 0.05) is 38.1 Å². The number of rotatable bonds is 6. The standard InChI is InChI=1S/C22H26N4O3/c1-15-6-8-16(9-7-15)25-19(12-13-23(2)3)22(26(28)29)17-10-11-20(27)18(21(17)25)14-24(4)5/h6-13,27H,14H2,1-5H3. The molecule has 0 atom stereocenters. The summed E-state index contributed by atoms with van der Waals surface area (Å²) in [5, 5.41) is 23.2. The second-order valence-corrected chi connectivity index (χ2v) is 7.64. The van der Waals surface area contributed by atoms with E-state index in [-0.39, 0.29) is 16.4 Å². The van der Waals surface area contributed by atoms with Crippen LogP contribution in [0.3, 0.4) is 0 Å². The fourth-order valence-corrected chi connectivity index (χ4v) is 3.44. The van der Waals surface area contributed by atoms with Gasteiger partial charge in [-0.1, -0.05) is 17.7 Å². The third kappa shape index (κ3) is 3.95. The van der Waals surface area contributed by atoms with Gasteiger partial charge in [-0.15, -0.1) is 0 Å². The van der Waals surface area contributed by atoms with Crippen molar-refractivity contribution in [2.75, 3.05) is 28.2 Å². The minimum absolute atomic E-state index is 0.0266. The highest BCUT2D eigenvalue weighted by atomic mass is 16.6. The predicted octanol–water partition coefficient (Wildman–Crippen LogP) is 4.15. The fourth-order valence-electron chi connectivity index (χ4n) is 3.44. The molecule has 2 aromatic carbocycles. The molecule has 7 nitrogen and oxygen atoms in total. The third-order valence-electron chi connectivity index (χ3n) is 4.70. The number of nitro groups is 1. The smallest absolute Gasteiger partial charge is 0.302 e. The van der Waals surface area contributed by atoms with Gasteiger partial charge in [0.1, 0.15) is 11.4 Å². The lowest BCUT2D eigenvalue weighted by Gasteiger charge is -2.16. The molecule has 0 unspecified atom stereocenters. The summed E-state index contributed by atoms with van der Waals surface area (Å²) in [4.78, 5) is 15.5. The highest BCUT2D eigenvalue weighted by Gasteiger charge is 2.28. The summed E-state index contributed by atoms with van der Waals surface area (Å²) in [6, 6.07) is 11.0. The van der Waals surface area contributed by atoms with Crippen LogP contribution in [0, 0.1) is 17.0 Å². The van der Waals surface area contributed by atoms with Crippen molar-refractivity contribution in [2.24, 2.45) is 0 Å². The number of phenolic OH excluding ortho intramolecular Hbond substituents is 1. The second-order valence-electron chi connectivity index (χ2n) is 7.64. The van der Waals surface area contributed by atoms with Crippen LogP contribution in [0.5, 0.6) is 5.75 Å². The van der Waals surface area contributed by atoms with E-state index in [1.807, 2.05) is 73.7 Å². The molecule has 0 fully saturated rings. The Bertz CT molecular complexity index is 1080. The molecule has 0 radical (unpaired) electrons. The molecule has 0 aliphatic rings. The molecule has 0 saturated heterocycles. The maximum absolute atomic E-state index is 12.1. The zero-order valence-corrected chi connectivity index (χ0v) is 17.4. The lowest BCUT2D eigenvalue weighted by atomic mass is 10.1. The number of aromatic hydroxyl groups is 1. The van der Waals surface area contributed by atoms with Crippen LogP contribution in [0.1, 0.15) is 16.8 Å². The van der Waals surface area contributed by atoms with E-state index < -0.39 is 0 Å². The van der Waals surface area contributed by atoms with Crippen LogP contribution in [0.25, 0.3) is 22.7 Å². The Labute approximate surface area is 170 Å². The summed E-state index contributed by atoms with van der Waals surface area (Å²) in [5.74, 6) is 0.120. The molecular formula is C22H26N4O3. The average molecular weight is 394 g/mol. The molecule has 1 heterocycles. The van der Waals surface area contributed by atoms with E-state index in [1.165, 1.54) is 6.07 Å². The van der Waals surface area contributed by atoms with Gasteiger partial charge in [-0.3, -0.25) is 10.1 Å². The maximum Gasteiger partial charge on any atom is 0.302 e. The van der Waals surface area contributed by atoms with Crippen molar-refractivity contribution in [3.8, 4) is 11.4 Å². The number of hydrogen-bond acceptors (Lipinski definition) is 5. The number of aromatic nitrogens is 1. The van der Waals surface area contributed by atoms with Gasteiger partial charge in [0.05, 0.1) is 15.8 Å². The molecule has 7 heteroatoms. The molecule has 1 N–H and O–H groups in total. The van der Waals surface area contributed by atoms with Gasteiger partial charge in [0.25, 0.3) is 0 Å². The number of fused-ring (bicyclic) bond motifs is 1. The monoisotopic (exact) mass is 394 g/mol. The van der Waals surface area contributed by atoms with Crippen LogP contribution >= 0.6 is 0 Å². The second kappa shape index (κ2) is 7.97. The summed E-state index contributed by atoms with van der Waals surface area (Å²) in [6.45, 7) is 2.45. The molecule has 0 aliphatic carbocycles. The van der Waals surface area contributed by atoms with Gasteiger partial charge < -0.3 is 19.5 Å². The van der Waals surface area contributed by atoms with Gasteiger partial charge in [0.2, 0.25) is 0 Å². The molecule has 0 amide bonds. The SMILES string of the molecule is Cc1ccc(-n2c(C=CN(C)C)c([N+](=O)[O-])c3ccc(O)c(CN(C)C)c32)cc1. The summed E-state index contributed by atoms with van der Waals surface area (Å²) < 4.78 is 1.87. The quantitative estimate of drug-likeness (QED) is 0.502. The van der Waals surface area contributed by atoms with Crippen molar-refractivity contribution in [1.29, 1.82) is 0 Å². The first-order valence-electron chi connectivity index (χ1n) is 9.30. The Morgan fingerprint density at radius 2 is 1.76 bits per heavy atom. The molecule has 29 heavy (non-hydrogen) atoms. The predicted molar refractivity (Wildman–Crippen MR) is 116 cm³/mol. The van der Waals surface area contributed by atoms with Crippen molar-refractivity contribution in [1.82, 2.24) is 14.4 Å². The largest absolute Gasteiger partial charge is 0.508 e. The Morgan fingerprint density at radius 3 is 2.31 bits per heavy atom. The van der Waals surface area contributed by atoms with E-state index in [4.69, 9.17) is 0 Å². The van der Waals surface area contributed by atoms with Crippen LogP contribution in [0.15, 0.2) is 42.6 Å². The molecule has 3 aromatic rings. The van der Waals surface area contributed by atoms with Crippen LogP contribution in [0.2, 0.25) is 0 Å². The van der Waals surface area contributed by atoms with Gasteiger partial charge in [-0.2, -0.15) is 0 Å². The normalized spacial score (nSPS) is 11.7. The van der Waals surface area contributed by atoms with Gasteiger partial charge >= 0.3 is 5.69 Å². The van der Waals surface area contributed by atoms with E-state index >= 15 is 0 Å². The summed E-state index contributed by atoms with van der Waals surface area (Å²) in [5.41, 5.74) is 3.69. The van der Waals surface area contributed by atoms with Crippen LogP contribution < -0.4 is 0 Å². The highest BCUT2D eigenvalue weighted by molar-refractivity contribution is 5.99. The van der Waals surface area contributed by atoms with E-state index in [0.717, 1.165) is 11.3 Å². The Hall–Kier alpha value is -3.32. The number of hydrogen-bond donors (Lipinski definition) is 1. The van der Waals surface area contributed by atoms with Crippen LogP contribution in [-0.4, -0.2) is 52.6 Å². The molecule has 152 valence electrons. The summed E-state index contributed by atoms with van der Waals surface area (Å²) >= 11 is 0. The van der Waals surface area contributed by atoms with Crippen molar-refractivity contribution in [3.05, 3.63) is 69.5 Å². The summed E-state index contributed by atoms with van der Waals surface area (Å²) in [7, 11) is 7.53. The van der Waals surface area contributed by atoms with Gasteiger partial charge in [-0.05, 0) is 51.4 Å². The lowest BCUT2D eigenvalue weighted by molar-refractivity contribution is -0.383. The molecule has 0 saturated carbocycles. The van der Waals surface area contributed by atoms with E-state index in [2.05, 4.69) is 0 Å². The first-order chi connectivity index (χ1) is 13.7. The Kier molecular flexibility index (Phi) is 5.61. The average Bonchev–Trinajstić information content (AvgIpc) is 2.97. The van der Waals surface area contributed by atoms with Crippen molar-refractivity contribution in [2.45, 2.75) is 13.5 Å². The first kappa shape index (κ1) is 20.4.